The van der Waals surface area contributed by atoms with Gasteiger partial charge >= 0.3 is 0 Å². The van der Waals surface area contributed by atoms with Crippen LogP contribution in [0.5, 0.6) is 0 Å². The molecule has 0 bridgehead atoms. The predicted molar refractivity (Wildman–Crippen MR) is 63.5 cm³/mol. The van der Waals surface area contributed by atoms with Gasteiger partial charge in [-0.15, -0.1) is 10.2 Å². The Bertz CT molecular complexity index is 306. The molecule has 0 radical (unpaired) electrons. The smallest absolute Gasteiger partial charge is 0.208 e. The summed E-state index contributed by atoms with van der Waals surface area (Å²) in [5.74, 6) is 0.806. The van der Waals surface area contributed by atoms with Crippen LogP contribution in [0.3, 0.4) is 0 Å². The summed E-state index contributed by atoms with van der Waals surface area (Å²) in [6.45, 7) is 5.43. The van der Waals surface area contributed by atoms with Crippen LogP contribution in [0.4, 0.5) is 5.13 Å². The lowest BCUT2D eigenvalue weighted by Gasteiger charge is -2.26. The molecule has 0 aromatic carbocycles. The van der Waals surface area contributed by atoms with Gasteiger partial charge in [-0.3, -0.25) is 0 Å². The molecular formula is C10H18N4S. The Morgan fingerprint density at radius 1 is 1.40 bits per heavy atom. The maximum absolute atomic E-state index is 4.16. The minimum Gasteiger partial charge on any atom is -0.349 e. The fraction of sp³-hybridized carbons (Fsp3) is 0.800. The van der Waals surface area contributed by atoms with E-state index in [-0.39, 0.29) is 0 Å². The average molecular weight is 226 g/mol. The van der Waals surface area contributed by atoms with Crippen LogP contribution in [0.25, 0.3) is 0 Å². The van der Waals surface area contributed by atoms with Crippen molar-refractivity contribution in [2.24, 2.45) is 5.92 Å². The van der Waals surface area contributed by atoms with Crippen LogP contribution in [-0.4, -0.2) is 36.9 Å². The molecule has 1 aromatic rings. The quantitative estimate of drug-likeness (QED) is 0.843. The molecule has 2 rings (SSSR count). The summed E-state index contributed by atoms with van der Waals surface area (Å²) in [6, 6.07) is 0. The SMILES string of the molecule is Cc1nnc(N(C)CC2CCNCC2)s1. The number of piperidine rings is 1. The molecule has 1 saturated heterocycles. The van der Waals surface area contributed by atoms with E-state index in [1.807, 2.05) is 6.92 Å². The first kappa shape index (κ1) is 10.8. The van der Waals surface area contributed by atoms with Crippen molar-refractivity contribution in [3.63, 3.8) is 0 Å². The molecule has 4 nitrogen and oxygen atoms in total. The van der Waals surface area contributed by atoms with Crippen molar-refractivity contribution in [1.29, 1.82) is 0 Å². The number of aromatic nitrogens is 2. The first-order chi connectivity index (χ1) is 7.25. The van der Waals surface area contributed by atoms with Gasteiger partial charge in [0.25, 0.3) is 0 Å². The zero-order valence-electron chi connectivity index (χ0n) is 9.36. The zero-order valence-corrected chi connectivity index (χ0v) is 10.2. The van der Waals surface area contributed by atoms with Crippen LogP contribution in [0, 0.1) is 12.8 Å². The highest BCUT2D eigenvalue weighted by Crippen LogP contribution is 2.21. The standard InChI is InChI=1S/C10H18N4S/c1-8-12-13-10(15-8)14(2)7-9-3-5-11-6-4-9/h9,11H,3-7H2,1-2H3. The summed E-state index contributed by atoms with van der Waals surface area (Å²) < 4.78 is 0. The molecule has 84 valence electrons. The molecule has 15 heavy (non-hydrogen) atoms. The van der Waals surface area contributed by atoms with Crippen molar-refractivity contribution in [3.8, 4) is 0 Å². The summed E-state index contributed by atoms with van der Waals surface area (Å²) in [6.07, 6.45) is 2.56. The van der Waals surface area contributed by atoms with Crippen LogP contribution >= 0.6 is 11.3 Å². The van der Waals surface area contributed by atoms with Crippen molar-refractivity contribution in [1.82, 2.24) is 15.5 Å². The van der Waals surface area contributed by atoms with Crippen LogP contribution in [0.1, 0.15) is 17.8 Å². The fourth-order valence-electron chi connectivity index (χ4n) is 1.97. The zero-order chi connectivity index (χ0) is 10.7. The largest absolute Gasteiger partial charge is 0.349 e. The molecule has 1 aliphatic heterocycles. The Hall–Kier alpha value is -0.680. The number of aryl methyl sites for hydroxylation is 1. The number of nitrogens with zero attached hydrogens (tertiary/aromatic N) is 3. The second kappa shape index (κ2) is 4.90. The van der Waals surface area contributed by atoms with Crippen molar-refractivity contribution in [2.45, 2.75) is 19.8 Å². The number of rotatable bonds is 3. The second-order valence-corrected chi connectivity index (χ2v) is 5.34. The molecule has 2 heterocycles. The summed E-state index contributed by atoms with van der Waals surface area (Å²) >= 11 is 1.67. The highest BCUT2D eigenvalue weighted by Gasteiger charge is 2.16. The Kier molecular flexibility index (Phi) is 3.53. The minimum absolute atomic E-state index is 0.806. The maximum atomic E-state index is 4.16. The molecular weight excluding hydrogens is 208 g/mol. The molecule has 0 atom stereocenters. The van der Waals surface area contributed by atoms with Crippen LogP contribution < -0.4 is 10.2 Å². The highest BCUT2D eigenvalue weighted by molar-refractivity contribution is 7.15. The van der Waals surface area contributed by atoms with Gasteiger partial charge in [-0.25, -0.2) is 0 Å². The van der Waals surface area contributed by atoms with E-state index in [0.29, 0.717) is 0 Å². The molecule has 0 unspecified atom stereocenters. The first-order valence-electron chi connectivity index (χ1n) is 5.47. The number of hydrogen-bond donors (Lipinski definition) is 1. The maximum Gasteiger partial charge on any atom is 0.208 e. The van der Waals surface area contributed by atoms with Crippen LogP contribution in [0.2, 0.25) is 0 Å². The third-order valence-corrected chi connectivity index (χ3v) is 3.79. The lowest BCUT2D eigenvalue weighted by molar-refractivity contribution is 0.377. The van der Waals surface area contributed by atoms with Crippen molar-refractivity contribution < 1.29 is 0 Å². The topological polar surface area (TPSA) is 41.1 Å². The van der Waals surface area contributed by atoms with Gasteiger partial charge in [-0.05, 0) is 38.8 Å². The Labute approximate surface area is 94.7 Å². The monoisotopic (exact) mass is 226 g/mol. The van der Waals surface area contributed by atoms with Gasteiger partial charge in [-0.1, -0.05) is 11.3 Å². The first-order valence-corrected chi connectivity index (χ1v) is 6.29. The molecule has 0 saturated carbocycles. The van der Waals surface area contributed by atoms with Gasteiger partial charge < -0.3 is 10.2 Å². The van der Waals surface area contributed by atoms with Gasteiger partial charge in [0.2, 0.25) is 5.13 Å². The number of nitrogens with one attached hydrogen (secondary N) is 1. The van der Waals surface area contributed by atoms with E-state index in [1.54, 1.807) is 11.3 Å². The van der Waals surface area contributed by atoms with Crippen LogP contribution in [-0.2, 0) is 0 Å². The van der Waals surface area contributed by atoms with Gasteiger partial charge in [0.15, 0.2) is 0 Å². The summed E-state index contributed by atoms with van der Waals surface area (Å²) in [4.78, 5) is 2.24. The molecule has 0 aliphatic carbocycles. The minimum atomic E-state index is 0.806. The van der Waals surface area contributed by atoms with E-state index >= 15 is 0 Å². The molecule has 1 aromatic heterocycles. The van der Waals surface area contributed by atoms with E-state index < -0.39 is 0 Å². The summed E-state index contributed by atoms with van der Waals surface area (Å²) in [7, 11) is 2.11. The molecule has 5 heteroatoms. The lowest BCUT2D eigenvalue weighted by atomic mass is 9.98. The molecule has 1 fully saturated rings. The van der Waals surface area contributed by atoms with Crippen molar-refractivity contribution >= 4 is 16.5 Å². The Balaban J connectivity index is 1.88. The van der Waals surface area contributed by atoms with E-state index in [4.69, 9.17) is 0 Å². The van der Waals surface area contributed by atoms with E-state index in [9.17, 15) is 0 Å². The molecule has 1 aliphatic rings. The highest BCUT2D eigenvalue weighted by atomic mass is 32.1. The Morgan fingerprint density at radius 2 is 2.13 bits per heavy atom. The van der Waals surface area contributed by atoms with Crippen molar-refractivity contribution in [2.75, 3.05) is 31.6 Å². The second-order valence-electron chi connectivity index (χ2n) is 4.18. The lowest BCUT2D eigenvalue weighted by Crippen LogP contribution is -2.34. The predicted octanol–water partition coefficient (Wildman–Crippen LogP) is 1.28. The third kappa shape index (κ3) is 2.89. The van der Waals surface area contributed by atoms with E-state index in [0.717, 1.165) is 35.7 Å². The average Bonchev–Trinajstić information content (AvgIpc) is 2.66. The van der Waals surface area contributed by atoms with E-state index in [1.165, 1.54) is 12.8 Å². The molecule has 0 spiro atoms. The normalized spacial score (nSPS) is 18.0. The van der Waals surface area contributed by atoms with Gasteiger partial charge in [0.05, 0.1) is 0 Å². The summed E-state index contributed by atoms with van der Waals surface area (Å²) in [5.41, 5.74) is 0. The fourth-order valence-corrected chi connectivity index (χ4v) is 2.63. The summed E-state index contributed by atoms with van der Waals surface area (Å²) in [5, 5.41) is 13.7. The Morgan fingerprint density at radius 3 is 2.73 bits per heavy atom. The van der Waals surface area contributed by atoms with Gasteiger partial charge in [-0.2, -0.15) is 0 Å². The number of hydrogen-bond acceptors (Lipinski definition) is 5. The molecule has 1 N–H and O–H groups in total. The third-order valence-electron chi connectivity index (χ3n) is 2.83. The number of anilines is 1. The van der Waals surface area contributed by atoms with Crippen LogP contribution in [0.15, 0.2) is 0 Å². The van der Waals surface area contributed by atoms with Gasteiger partial charge in [0, 0.05) is 13.6 Å². The molecule has 0 amide bonds. The van der Waals surface area contributed by atoms with Crippen molar-refractivity contribution in [3.05, 3.63) is 5.01 Å². The van der Waals surface area contributed by atoms with Gasteiger partial charge in [0.1, 0.15) is 5.01 Å². The van der Waals surface area contributed by atoms with E-state index in [2.05, 4.69) is 27.5 Å².